The van der Waals surface area contributed by atoms with Gasteiger partial charge in [0.15, 0.2) is 0 Å². The molecule has 0 saturated heterocycles. The van der Waals surface area contributed by atoms with Crippen LogP contribution in [0, 0.1) is 0 Å². The summed E-state index contributed by atoms with van der Waals surface area (Å²) in [7, 11) is -4.32. The van der Waals surface area contributed by atoms with Crippen LogP contribution in [0.15, 0.2) is 30.3 Å². The molecule has 0 spiro atoms. The second-order valence-corrected chi connectivity index (χ2v) is 8.14. The van der Waals surface area contributed by atoms with E-state index < -0.39 is 57.5 Å². The second-order valence-electron chi connectivity index (χ2n) is 6.45. The number of ether oxygens (including phenoxy) is 1. The van der Waals surface area contributed by atoms with E-state index in [2.05, 4.69) is 5.09 Å². The number of benzene rings is 1. The van der Waals surface area contributed by atoms with E-state index in [0.717, 1.165) is 0 Å². The predicted molar refractivity (Wildman–Crippen MR) is 98.5 cm³/mol. The standard InChI is InChI=1S/C17H27FNO8P/c1-12(2)26-16(22)13(3)19-28(24,27-14-7-5-4-6-8-14)25-11-17(23,10-18)15(21)9-20/h4-8,12-13,15,20-21,23H,9-11H2,1-3H3,(H,19,24)/t13-,15-,17?,28-/m0/s1. The van der Waals surface area contributed by atoms with Crippen LogP contribution in [0.1, 0.15) is 20.8 Å². The first-order valence-electron chi connectivity index (χ1n) is 8.60. The molecule has 1 aromatic rings. The summed E-state index contributed by atoms with van der Waals surface area (Å²) in [6.07, 6.45) is -2.30. The van der Waals surface area contributed by atoms with Crippen LogP contribution in [0.3, 0.4) is 0 Å². The molecule has 9 nitrogen and oxygen atoms in total. The number of aliphatic hydroxyl groups excluding tert-OH is 2. The van der Waals surface area contributed by atoms with Crippen molar-refractivity contribution in [2.75, 3.05) is 19.9 Å². The molecule has 0 amide bonds. The van der Waals surface area contributed by atoms with Crippen molar-refractivity contribution >= 4 is 13.7 Å². The van der Waals surface area contributed by atoms with Gasteiger partial charge in [-0.2, -0.15) is 5.09 Å². The van der Waals surface area contributed by atoms with E-state index in [1.165, 1.54) is 19.1 Å². The molecule has 160 valence electrons. The lowest BCUT2D eigenvalue weighted by atomic mass is 10.0. The van der Waals surface area contributed by atoms with Gasteiger partial charge in [0.25, 0.3) is 0 Å². The maximum absolute atomic E-state index is 13.2. The minimum absolute atomic E-state index is 0.120. The molecule has 11 heteroatoms. The predicted octanol–water partition coefficient (Wildman–Crippen LogP) is 1.17. The van der Waals surface area contributed by atoms with E-state index in [9.17, 15) is 24.0 Å². The monoisotopic (exact) mass is 423 g/mol. The molecule has 4 N–H and O–H groups in total. The molecule has 4 atom stereocenters. The van der Waals surface area contributed by atoms with Gasteiger partial charge in [0.05, 0.1) is 19.3 Å². The van der Waals surface area contributed by atoms with E-state index in [1.54, 1.807) is 32.0 Å². The van der Waals surface area contributed by atoms with Crippen LogP contribution in [-0.2, 0) is 18.6 Å². The molecule has 0 aromatic heterocycles. The van der Waals surface area contributed by atoms with E-state index in [0.29, 0.717) is 0 Å². The van der Waals surface area contributed by atoms with Crippen LogP contribution in [-0.4, -0.2) is 65.0 Å². The summed E-state index contributed by atoms with van der Waals surface area (Å²) >= 11 is 0. The first kappa shape index (κ1) is 24.5. The fourth-order valence-electron chi connectivity index (χ4n) is 1.92. The average Bonchev–Trinajstić information content (AvgIpc) is 2.65. The van der Waals surface area contributed by atoms with Crippen molar-refractivity contribution < 1.29 is 42.9 Å². The number of hydrogen-bond donors (Lipinski definition) is 4. The van der Waals surface area contributed by atoms with Crippen LogP contribution in [0.2, 0.25) is 0 Å². The smallest absolute Gasteiger partial charge is 0.459 e. The SMILES string of the molecule is CC(C)OC(=O)[C@H](C)N[P@](=O)(OCC(O)(CF)[C@@H](O)CO)Oc1ccccc1. The van der Waals surface area contributed by atoms with Crippen molar-refractivity contribution in [3.8, 4) is 5.75 Å². The van der Waals surface area contributed by atoms with Crippen LogP contribution >= 0.6 is 7.75 Å². The van der Waals surface area contributed by atoms with Crippen molar-refractivity contribution in [1.82, 2.24) is 5.09 Å². The van der Waals surface area contributed by atoms with E-state index in [1.807, 2.05) is 0 Å². The second kappa shape index (κ2) is 10.8. The van der Waals surface area contributed by atoms with Gasteiger partial charge in [-0.3, -0.25) is 9.32 Å². The van der Waals surface area contributed by atoms with Gasteiger partial charge in [0.1, 0.15) is 30.2 Å². The zero-order valence-electron chi connectivity index (χ0n) is 15.9. The summed E-state index contributed by atoms with van der Waals surface area (Å²) in [4.78, 5) is 12.0. The van der Waals surface area contributed by atoms with E-state index in [4.69, 9.17) is 18.9 Å². The summed E-state index contributed by atoms with van der Waals surface area (Å²) in [5.74, 6) is -0.610. The zero-order valence-corrected chi connectivity index (χ0v) is 16.8. The van der Waals surface area contributed by atoms with Gasteiger partial charge in [0, 0.05) is 0 Å². The third kappa shape index (κ3) is 7.46. The zero-order chi connectivity index (χ0) is 21.4. The Morgan fingerprint density at radius 1 is 1.29 bits per heavy atom. The first-order chi connectivity index (χ1) is 13.0. The Hall–Kier alpha value is -1.55. The van der Waals surface area contributed by atoms with Crippen molar-refractivity contribution in [1.29, 1.82) is 0 Å². The van der Waals surface area contributed by atoms with Gasteiger partial charge in [-0.05, 0) is 32.9 Å². The maximum Gasteiger partial charge on any atom is 0.459 e. The third-order valence-corrected chi connectivity index (χ3v) is 5.16. The quantitative estimate of drug-likeness (QED) is 0.289. The minimum atomic E-state index is -4.32. The number of hydrogen-bond acceptors (Lipinski definition) is 8. The van der Waals surface area contributed by atoms with Crippen molar-refractivity contribution in [2.45, 2.75) is 44.6 Å². The molecule has 0 heterocycles. The fourth-order valence-corrected chi connectivity index (χ4v) is 3.48. The molecule has 1 aromatic carbocycles. The number of rotatable bonds is 12. The molecule has 0 radical (unpaired) electrons. The number of alkyl halides is 1. The summed E-state index contributed by atoms with van der Waals surface area (Å²) in [5, 5.41) is 31.0. The van der Waals surface area contributed by atoms with Crippen LogP contribution in [0.5, 0.6) is 5.75 Å². The number of aliphatic hydroxyl groups is 3. The van der Waals surface area contributed by atoms with Crippen molar-refractivity contribution in [3.05, 3.63) is 30.3 Å². The number of esters is 1. The molecule has 1 rings (SSSR count). The number of halogens is 1. The molecule has 1 unspecified atom stereocenters. The molecule has 0 saturated carbocycles. The number of carbonyl (C=O) groups is 1. The Bertz CT molecular complexity index is 662. The van der Waals surface area contributed by atoms with E-state index in [-0.39, 0.29) is 5.75 Å². The number of nitrogens with one attached hydrogen (secondary N) is 1. The fraction of sp³-hybridized carbons (Fsp3) is 0.588. The summed E-state index contributed by atoms with van der Waals surface area (Å²) in [6, 6.07) is 6.71. The van der Waals surface area contributed by atoms with E-state index >= 15 is 0 Å². The highest BCUT2D eigenvalue weighted by molar-refractivity contribution is 7.52. The lowest BCUT2D eigenvalue weighted by molar-refractivity contribution is -0.149. The van der Waals surface area contributed by atoms with Crippen molar-refractivity contribution in [3.63, 3.8) is 0 Å². The Labute approximate surface area is 163 Å². The minimum Gasteiger partial charge on any atom is -0.462 e. The molecule has 0 aliphatic rings. The molecule has 0 aliphatic carbocycles. The number of para-hydroxylation sites is 1. The molecule has 28 heavy (non-hydrogen) atoms. The Morgan fingerprint density at radius 3 is 2.39 bits per heavy atom. The topological polar surface area (TPSA) is 135 Å². The van der Waals surface area contributed by atoms with Gasteiger partial charge in [-0.1, -0.05) is 18.2 Å². The van der Waals surface area contributed by atoms with Gasteiger partial charge in [0.2, 0.25) is 0 Å². The average molecular weight is 423 g/mol. The van der Waals surface area contributed by atoms with Gasteiger partial charge in [-0.25, -0.2) is 8.96 Å². The molecular weight excluding hydrogens is 396 g/mol. The summed E-state index contributed by atoms with van der Waals surface area (Å²) < 4.78 is 41.7. The lowest BCUT2D eigenvalue weighted by Crippen LogP contribution is -2.50. The maximum atomic E-state index is 13.2. The number of carbonyl (C=O) groups excluding carboxylic acids is 1. The lowest BCUT2D eigenvalue weighted by Gasteiger charge is -2.31. The Kier molecular flexibility index (Phi) is 9.49. The molecule has 0 bridgehead atoms. The first-order valence-corrected chi connectivity index (χ1v) is 10.1. The highest BCUT2D eigenvalue weighted by Gasteiger charge is 2.41. The molecule has 0 fully saturated rings. The summed E-state index contributed by atoms with van der Waals surface area (Å²) in [6.45, 7) is 1.23. The van der Waals surface area contributed by atoms with Crippen LogP contribution in [0.25, 0.3) is 0 Å². The summed E-state index contributed by atoms with van der Waals surface area (Å²) in [5.41, 5.74) is -2.52. The third-order valence-electron chi connectivity index (χ3n) is 3.54. The van der Waals surface area contributed by atoms with Crippen LogP contribution < -0.4 is 9.61 Å². The molecular formula is C17H27FNO8P. The van der Waals surface area contributed by atoms with Gasteiger partial charge in [-0.15, -0.1) is 0 Å². The Balaban J connectivity index is 3.00. The van der Waals surface area contributed by atoms with Crippen LogP contribution in [0.4, 0.5) is 4.39 Å². The normalized spacial score (nSPS) is 18.0. The highest BCUT2D eigenvalue weighted by Crippen LogP contribution is 2.45. The molecule has 0 aliphatic heterocycles. The highest BCUT2D eigenvalue weighted by atomic mass is 31.2. The van der Waals surface area contributed by atoms with Crippen molar-refractivity contribution in [2.24, 2.45) is 0 Å². The van der Waals surface area contributed by atoms with Gasteiger partial charge >= 0.3 is 13.7 Å². The Morgan fingerprint density at radius 2 is 1.89 bits per heavy atom. The largest absolute Gasteiger partial charge is 0.462 e. The van der Waals surface area contributed by atoms with Gasteiger partial charge < -0.3 is 24.6 Å².